The number of amides is 1. The molecule has 3 aromatic rings. The van der Waals surface area contributed by atoms with Crippen LogP contribution in [0.5, 0.6) is 5.75 Å². The van der Waals surface area contributed by atoms with Crippen LogP contribution in [0.4, 0.5) is 11.5 Å². The summed E-state index contributed by atoms with van der Waals surface area (Å²) in [5.41, 5.74) is 3.15. The molecule has 0 aliphatic rings. The van der Waals surface area contributed by atoms with Crippen molar-refractivity contribution in [3.63, 3.8) is 0 Å². The Labute approximate surface area is 152 Å². The van der Waals surface area contributed by atoms with E-state index in [4.69, 9.17) is 4.74 Å². The molecule has 0 bridgehead atoms. The van der Waals surface area contributed by atoms with Crippen LogP contribution in [-0.2, 0) is 6.54 Å². The highest BCUT2D eigenvalue weighted by Gasteiger charge is 2.10. The normalized spacial score (nSPS) is 10.2. The molecule has 1 amide bonds. The molecule has 0 aliphatic carbocycles. The van der Waals surface area contributed by atoms with Crippen LogP contribution in [-0.4, -0.2) is 23.0 Å². The van der Waals surface area contributed by atoms with Gasteiger partial charge in [0, 0.05) is 23.9 Å². The van der Waals surface area contributed by atoms with Gasteiger partial charge in [0.1, 0.15) is 23.6 Å². The molecule has 0 aliphatic heterocycles. The first-order valence-electron chi connectivity index (χ1n) is 8.21. The molecule has 0 spiro atoms. The van der Waals surface area contributed by atoms with E-state index in [2.05, 4.69) is 20.6 Å². The molecular weight excluding hydrogens is 328 g/mol. The maximum Gasteiger partial charge on any atom is 0.274 e. The molecule has 132 valence electrons. The van der Waals surface area contributed by atoms with E-state index < -0.39 is 0 Å². The number of benzene rings is 2. The molecule has 6 heteroatoms. The molecular formula is C20H20N4O2. The summed E-state index contributed by atoms with van der Waals surface area (Å²) >= 11 is 0. The molecule has 1 heterocycles. The number of aromatic nitrogens is 2. The molecule has 0 atom stereocenters. The van der Waals surface area contributed by atoms with Gasteiger partial charge < -0.3 is 15.4 Å². The van der Waals surface area contributed by atoms with Gasteiger partial charge in [-0.05, 0) is 25.1 Å². The van der Waals surface area contributed by atoms with Gasteiger partial charge in [-0.3, -0.25) is 4.79 Å². The molecule has 3 rings (SSSR count). The Kier molecular flexibility index (Phi) is 5.43. The Morgan fingerprint density at radius 1 is 1.08 bits per heavy atom. The van der Waals surface area contributed by atoms with Crippen molar-refractivity contribution in [3.8, 4) is 5.75 Å². The smallest absolute Gasteiger partial charge is 0.274 e. The van der Waals surface area contributed by atoms with Gasteiger partial charge in [-0.15, -0.1) is 0 Å². The monoisotopic (exact) mass is 348 g/mol. The first-order chi connectivity index (χ1) is 12.7. The summed E-state index contributed by atoms with van der Waals surface area (Å²) in [6.07, 6.45) is 1.37. The lowest BCUT2D eigenvalue weighted by molar-refractivity contribution is 0.102. The number of carbonyl (C=O) groups excluding carboxylic acids is 1. The lowest BCUT2D eigenvalue weighted by Crippen LogP contribution is -2.14. The standard InChI is InChI=1S/C20H20N4O2/c1-14-7-9-16(10-8-14)24-20(25)17-11-19(23-13-22-17)21-12-15-5-3-4-6-18(15)26-2/h3-11,13H,12H2,1-2H3,(H,24,25)(H,21,22,23). The number of hydrogen-bond acceptors (Lipinski definition) is 5. The van der Waals surface area contributed by atoms with Gasteiger partial charge in [0.15, 0.2) is 0 Å². The van der Waals surface area contributed by atoms with Crippen LogP contribution in [0.1, 0.15) is 21.6 Å². The first kappa shape index (κ1) is 17.4. The number of methoxy groups -OCH3 is 1. The fourth-order valence-corrected chi connectivity index (χ4v) is 2.44. The van der Waals surface area contributed by atoms with Gasteiger partial charge in [-0.1, -0.05) is 35.9 Å². The predicted molar refractivity (Wildman–Crippen MR) is 101 cm³/mol. The molecule has 2 N–H and O–H groups in total. The zero-order chi connectivity index (χ0) is 18.4. The number of anilines is 2. The average molecular weight is 348 g/mol. The largest absolute Gasteiger partial charge is 0.496 e. The minimum atomic E-state index is -0.281. The number of ether oxygens (including phenoxy) is 1. The molecule has 0 unspecified atom stereocenters. The van der Waals surface area contributed by atoms with Crippen LogP contribution < -0.4 is 15.4 Å². The molecule has 0 fully saturated rings. The van der Waals surface area contributed by atoms with Crippen molar-refractivity contribution in [2.45, 2.75) is 13.5 Å². The quantitative estimate of drug-likeness (QED) is 0.711. The van der Waals surface area contributed by atoms with Gasteiger partial charge >= 0.3 is 0 Å². The number of carbonyl (C=O) groups is 1. The topological polar surface area (TPSA) is 76.1 Å². The second-order valence-corrected chi connectivity index (χ2v) is 5.77. The summed E-state index contributed by atoms with van der Waals surface area (Å²) in [6, 6.07) is 16.9. The Hall–Kier alpha value is -3.41. The molecule has 0 saturated carbocycles. The average Bonchev–Trinajstić information content (AvgIpc) is 2.68. The molecule has 2 aromatic carbocycles. The van der Waals surface area contributed by atoms with E-state index in [9.17, 15) is 4.79 Å². The van der Waals surface area contributed by atoms with Crippen molar-refractivity contribution < 1.29 is 9.53 Å². The summed E-state index contributed by atoms with van der Waals surface area (Å²) in [5.74, 6) is 1.09. The van der Waals surface area contributed by atoms with Crippen molar-refractivity contribution in [1.82, 2.24) is 9.97 Å². The molecule has 0 saturated heterocycles. The van der Waals surface area contributed by atoms with Gasteiger partial charge in [0.25, 0.3) is 5.91 Å². The lowest BCUT2D eigenvalue weighted by atomic mass is 10.2. The Bertz CT molecular complexity index is 894. The third-order valence-electron chi connectivity index (χ3n) is 3.86. The second kappa shape index (κ2) is 8.11. The zero-order valence-electron chi connectivity index (χ0n) is 14.7. The lowest BCUT2D eigenvalue weighted by Gasteiger charge is -2.10. The van der Waals surface area contributed by atoms with Gasteiger partial charge in [-0.2, -0.15) is 0 Å². The predicted octanol–water partition coefficient (Wildman–Crippen LogP) is 3.66. The summed E-state index contributed by atoms with van der Waals surface area (Å²) in [5, 5.41) is 6.02. The van der Waals surface area contributed by atoms with E-state index in [1.807, 2.05) is 55.5 Å². The highest BCUT2D eigenvalue weighted by molar-refractivity contribution is 6.03. The molecule has 1 aromatic heterocycles. The van der Waals surface area contributed by atoms with Crippen molar-refractivity contribution in [3.05, 3.63) is 77.7 Å². The maximum atomic E-state index is 12.4. The minimum absolute atomic E-state index is 0.281. The summed E-state index contributed by atoms with van der Waals surface area (Å²) in [7, 11) is 1.64. The SMILES string of the molecule is COc1ccccc1CNc1cc(C(=O)Nc2ccc(C)cc2)ncn1. The fraction of sp³-hybridized carbons (Fsp3) is 0.150. The number of nitrogens with zero attached hydrogens (tertiary/aromatic N) is 2. The van der Waals surface area contributed by atoms with E-state index >= 15 is 0 Å². The Morgan fingerprint density at radius 2 is 1.85 bits per heavy atom. The van der Waals surface area contributed by atoms with Crippen LogP contribution in [0.25, 0.3) is 0 Å². The first-order valence-corrected chi connectivity index (χ1v) is 8.21. The number of para-hydroxylation sites is 1. The summed E-state index contributed by atoms with van der Waals surface area (Å²) in [4.78, 5) is 20.6. The van der Waals surface area contributed by atoms with Gasteiger partial charge in [0.05, 0.1) is 7.11 Å². The van der Waals surface area contributed by atoms with Crippen molar-refractivity contribution >= 4 is 17.4 Å². The van der Waals surface area contributed by atoms with Crippen molar-refractivity contribution in [2.75, 3.05) is 17.7 Å². The van der Waals surface area contributed by atoms with E-state index in [1.54, 1.807) is 13.2 Å². The number of nitrogens with one attached hydrogen (secondary N) is 2. The van der Waals surface area contributed by atoms with E-state index in [1.165, 1.54) is 6.33 Å². The van der Waals surface area contributed by atoms with Crippen molar-refractivity contribution in [1.29, 1.82) is 0 Å². The number of aryl methyl sites for hydroxylation is 1. The van der Waals surface area contributed by atoms with Crippen LogP contribution in [0.15, 0.2) is 60.9 Å². The molecule has 6 nitrogen and oxygen atoms in total. The fourth-order valence-electron chi connectivity index (χ4n) is 2.44. The summed E-state index contributed by atoms with van der Waals surface area (Å²) < 4.78 is 5.33. The minimum Gasteiger partial charge on any atom is -0.496 e. The third kappa shape index (κ3) is 4.36. The number of rotatable bonds is 6. The molecule has 0 radical (unpaired) electrons. The second-order valence-electron chi connectivity index (χ2n) is 5.77. The highest BCUT2D eigenvalue weighted by Crippen LogP contribution is 2.18. The van der Waals surface area contributed by atoms with Crippen LogP contribution in [0.2, 0.25) is 0 Å². The zero-order valence-corrected chi connectivity index (χ0v) is 14.7. The van der Waals surface area contributed by atoms with Gasteiger partial charge in [-0.25, -0.2) is 9.97 Å². The Morgan fingerprint density at radius 3 is 2.62 bits per heavy atom. The van der Waals surface area contributed by atoms with Crippen molar-refractivity contribution in [2.24, 2.45) is 0 Å². The van der Waals surface area contributed by atoms with E-state index in [0.29, 0.717) is 18.1 Å². The van der Waals surface area contributed by atoms with Crippen LogP contribution >= 0.6 is 0 Å². The third-order valence-corrected chi connectivity index (χ3v) is 3.86. The van der Waals surface area contributed by atoms with E-state index in [0.717, 1.165) is 22.6 Å². The highest BCUT2D eigenvalue weighted by atomic mass is 16.5. The van der Waals surface area contributed by atoms with E-state index in [-0.39, 0.29) is 5.91 Å². The van der Waals surface area contributed by atoms with Gasteiger partial charge in [0.2, 0.25) is 0 Å². The van der Waals surface area contributed by atoms with Crippen LogP contribution in [0.3, 0.4) is 0 Å². The van der Waals surface area contributed by atoms with Crippen LogP contribution in [0, 0.1) is 6.92 Å². The molecule has 26 heavy (non-hydrogen) atoms. The number of hydrogen-bond donors (Lipinski definition) is 2. The Balaban J connectivity index is 1.67. The summed E-state index contributed by atoms with van der Waals surface area (Å²) in [6.45, 7) is 2.52. The maximum absolute atomic E-state index is 12.4.